The lowest BCUT2D eigenvalue weighted by Crippen LogP contribution is -2.38. The second-order valence-corrected chi connectivity index (χ2v) is 7.61. The van der Waals surface area contributed by atoms with Crippen LogP contribution in [0.1, 0.15) is 43.9 Å². The number of ether oxygens (including phenoxy) is 1. The number of guanidine groups is 1. The molecule has 0 saturated carbocycles. The maximum absolute atomic E-state index is 11.5. The van der Waals surface area contributed by atoms with Gasteiger partial charge in [-0.3, -0.25) is 4.99 Å². The van der Waals surface area contributed by atoms with Crippen molar-refractivity contribution in [1.29, 1.82) is 0 Å². The van der Waals surface area contributed by atoms with E-state index in [0.717, 1.165) is 31.9 Å². The fourth-order valence-corrected chi connectivity index (χ4v) is 2.80. The molecule has 6 nitrogen and oxygen atoms in total. The van der Waals surface area contributed by atoms with Crippen molar-refractivity contribution in [1.82, 2.24) is 16.0 Å². The molecule has 0 bridgehead atoms. The lowest BCUT2D eigenvalue weighted by atomic mass is 10.2. The van der Waals surface area contributed by atoms with Gasteiger partial charge < -0.3 is 20.7 Å². The Labute approximate surface area is 149 Å². The predicted octanol–water partition coefficient (Wildman–Crippen LogP) is 2.89. The molecular formula is C17H30N4O2S. The van der Waals surface area contributed by atoms with E-state index in [0.29, 0.717) is 6.54 Å². The topological polar surface area (TPSA) is 74.8 Å². The number of amides is 1. The van der Waals surface area contributed by atoms with Crippen molar-refractivity contribution in [3.63, 3.8) is 0 Å². The van der Waals surface area contributed by atoms with Gasteiger partial charge in [-0.05, 0) is 45.7 Å². The molecule has 0 radical (unpaired) electrons. The van der Waals surface area contributed by atoms with E-state index < -0.39 is 5.60 Å². The van der Waals surface area contributed by atoms with Gasteiger partial charge in [0, 0.05) is 29.9 Å². The van der Waals surface area contributed by atoms with Crippen molar-refractivity contribution >= 4 is 23.4 Å². The van der Waals surface area contributed by atoms with Crippen LogP contribution in [0.5, 0.6) is 0 Å². The minimum Gasteiger partial charge on any atom is -0.444 e. The zero-order valence-electron chi connectivity index (χ0n) is 15.4. The summed E-state index contributed by atoms with van der Waals surface area (Å²) in [6.07, 6.45) is 1.48. The number of aryl methyl sites for hydroxylation is 1. The van der Waals surface area contributed by atoms with E-state index in [4.69, 9.17) is 4.74 Å². The summed E-state index contributed by atoms with van der Waals surface area (Å²) in [5.74, 6) is 0.763. The highest BCUT2D eigenvalue weighted by Gasteiger charge is 2.15. The van der Waals surface area contributed by atoms with Crippen LogP contribution in [-0.4, -0.2) is 37.8 Å². The normalized spacial score (nSPS) is 12.0. The van der Waals surface area contributed by atoms with Crippen molar-refractivity contribution in [3.05, 3.63) is 21.9 Å². The average molecular weight is 355 g/mol. The molecule has 0 saturated heterocycles. The molecule has 1 aromatic heterocycles. The van der Waals surface area contributed by atoms with Gasteiger partial charge in [0.15, 0.2) is 5.96 Å². The minimum atomic E-state index is -0.465. The van der Waals surface area contributed by atoms with Gasteiger partial charge in [0.25, 0.3) is 0 Å². The summed E-state index contributed by atoms with van der Waals surface area (Å²) < 4.78 is 5.18. The van der Waals surface area contributed by atoms with Crippen molar-refractivity contribution < 1.29 is 9.53 Å². The molecule has 0 atom stereocenters. The third-order valence-electron chi connectivity index (χ3n) is 3.03. The van der Waals surface area contributed by atoms with Gasteiger partial charge in [-0.25, -0.2) is 4.79 Å². The summed E-state index contributed by atoms with van der Waals surface area (Å²) in [5, 5.41) is 9.26. The molecule has 0 aromatic carbocycles. The largest absolute Gasteiger partial charge is 0.444 e. The quantitative estimate of drug-likeness (QED) is 0.400. The predicted molar refractivity (Wildman–Crippen MR) is 101 cm³/mol. The highest BCUT2D eigenvalue weighted by atomic mass is 32.1. The molecule has 7 heteroatoms. The Hall–Kier alpha value is -1.76. The molecule has 24 heavy (non-hydrogen) atoms. The fourth-order valence-electron chi connectivity index (χ4n) is 1.90. The van der Waals surface area contributed by atoms with Crippen LogP contribution in [0.3, 0.4) is 0 Å². The fraction of sp³-hybridized carbons (Fsp3) is 0.647. The van der Waals surface area contributed by atoms with Gasteiger partial charge >= 0.3 is 6.09 Å². The molecule has 1 rings (SSSR count). The first-order valence-corrected chi connectivity index (χ1v) is 9.14. The SMILES string of the molecule is CCc1ccc(CNC(=NC)NCCCNC(=O)OC(C)(C)C)s1. The van der Waals surface area contributed by atoms with Crippen molar-refractivity contribution in [2.24, 2.45) is 4.99 Å². The Balaban J connectivity index is 2.17. The van der Waals surface area contributed by atoms with E-state index in [-0.39, 0.29) is 6.09 Å². The Morgan fingerprint density at radius 2 is 1.83 bits per heavy atom. The van der Waals surface area contributed by atoms with Crippen LogP contribution in [0.4, 0.5) is 4.79 Å². The number of aliphatic imine (C=N–C) groups is 1. The van der Waals surface area contributed by atoms with E-state index in [1.807, 2.05) is 32.1 Å². The third kappa shape index (κ3) is 8.76. The van der Waals surface area contributed by atoms with Crippen LogP contribution in [0.2, 0.25) is 0 Å². The van der Waals surface area contributed by atoms with Gasteiger partial charge in [-0.1, -0.05) is 6.92 Å². The van der Waals surface area contributed by atoms with E-state index >= 15 is 0 Å². The van der Waals surface area contributed by atoms with E-state index in [2.05, 4.69) is 40.0 Å². The highest BCUT2D eigenvalue weighted by Crippen LogP contribution is 2.16. The molecule has 1 aromatic rings. The van der Waals surface area contributed by atoms with Crippen LogP contribution < -0.4 is 16.0 Å². The standard InChI is InChI=1S/C17H30N4O2S/c1-6-13-8-9-14(24-13)12-21-15(18-5)19-10-7-11-20-16(22)23-17(2,3)4/h8-9H,6-7,10-12H2,1-5H3,(H,20,22)(H2,18,19,21). The van der Waals surface area contributed by atoms with E-state index in [1.54, 1.807) is 7.05 Å². The molecule has 0 unspecified atom stereocenters. The van der Waals surface area contributed by atoms with Gasteiger partial charge in [-0.15, -0.1) is 11.3 Å². The molecule has 0 aliphatic heterocycles. The van der Waals surface area contributed by atoms with Gasteiger partial charge in [-0.2, -0.15) is 0 Å². The molecule has 136 valence electrons. The van der Waals surface area contributed by atoms with Crippen LogP contribution in [0, 0.1) is 0 Å². The third-order valence-corrected chi connectivity index (χ3v) is 4.26. The van der Waals surface area contributed by atoms with Gasteiger partial charge in [0.2, 0.25) is 0 Å². The number of nitrogens with zero attached hydrogens (tertiary/aromatic N) is 1. The summed E-state index contributed by atoms with van der Waals surface area (Å²) in [5.41, 5.74) is -0.465. The van der Waals surface area contributed by atoms with Crippen molar-refractivity contribution in [2.45, 2.75) is 52.7 Å². The van der Waals surface area contributed by atoms with Gasteiger partial charge in [0.1, 0.15) is 5.60 Å². The number of thiophene rings is 1. The summed E-state index contributed by atoms with van der Waals surface area (Å²) >= 11 is 1.82. The molecule has 0 fully saturated rings. The van der Waals surface area contributed by atoms with Crippen LogP contribution in [-0.2, 0) is 17.7 Å². The first-order valence-electron chi connectivity index (χ1n) is 8.33. The van der Waals surface area contributed by atoms with E-state index in [1.165, 1.54) is 9.75 Å². The number of alkyl carbamates (subject to hydrolysis) is 1. The average Bonchev–Trinajstić information content (AvgIpc) is 2.96. The Morgan fingerprint density at radius 3 is 2.42 bits per heavy atom. The Kier molecular flexibility index (Phi) is 8.60. The molecular weight excluding hydrogens is 324 g/mol. The number of rotatable bonds is 7. The molecule has 1 amide bonds. The van der Waals surface area contributed by atoms with Crippen LogP contribution in [0.15, 0.2) is 17.1 Å². The Bertz CT molecular complexity index is 535. The number of nitrogens with one attached hydrogen (secondary N) is 3. The lowest BCUT2D eigenvalue weighted by molar-refractivity contribution is 0.0527. The number of carbonyl (C=O) groups excluding carboxylic acids is 1. The van der Waals surface area contributed by atoms with Crippen molar-refractivity contribution in [3.8, 4) is 0 Å². The molecule has 0 aliphatic carbocycles. The maximum atomic E-state index is 11.5. The molecule has 3 N–H and O–H groups in total. The van der Waals surface area contributed by atoms with Crippen LogP contribution >= 0.6 is 11.3 Å². The van der Waals surface area contributed by atoms with Gasteiger partial charge in [0.05, 0.1) is 6.54 Å². The zero-order valence-corrected chi connectivity index (χ0v) is 16.2. The summed E-state index contributed by atoms with van der Waals surface area (Å²) in [7, 11) is 1.75. The second-order valence-electron chi connectivity index (χ2n) is 6.36. The summed E-state index contributed by atoms with van der Waals surface area (Å²) in [4.78, 5) is 18.4. The molecule has 1 heterocycles. The maximum Gasteiger partial charge on any atom is 0.407 e. The van der Waals surface area contributed by atoms with Crippen LogP contribution in [0.25, 0.3) is 0 Å². The Morgan fingerprint density at radius 1 is 1.17 bits per heavy atom. The number of carbonyl (C=O) groups is 1. The monoisotopic (exact) mass is 354 g/mol. The first kappa shape index (κ1) is 20.3. The summed E-state index contributed by atoms with van der Waals surface area (Å²) in [6, 6.07) is 4.31. The van der Waals surface area contributed by atoms with Crippen molar-refractivity contribution in [2.75, 3.05) is 20.1 Å². The number of hydrogen-bond donors (Lipinski definition) is 3. The summed E-state index contributed by atoms with van der Waals surface area (Å²) in [6.45, 7) is 9.75. The smallest absolute Gasteiger partial charge is 0.407 e. The second kappa shape index (κ2) is 10.2. The zero-order chi connectivity index (χ0) is 18.0. The highest BCUT2D eigenvalue weighted by molar-refractivity contribution is 7.11. The molecule has 0 aliphatic rings. The minimum absolute atomic E-state index is 0.380. The van der Waals surface area contributed by atoms with E-state index in [9.17, 15) is 4.79 Å². The lowest BCUT2D eigenvalue weighted by Gasteiger charge is -2.19. The number of hydrogen-bond acceptors (Lipinski definition) is 4. The first-order chi connectivity index (χ1) is 11.3. The molecule has 0 spiro atoms.